The molecule has 1 fully saturated rings. The highest BCUT2D eigenvalue weighted by Crippen LogP contribution is 2.20. The van der Waals surface area contributed by atoms with Crippen molar-refractivity contribution in [3.8, 4) is 0 Å². The van der Waals surface area contributed by atoms with Crippen molar-refractivity contribution in [2.45, 2.75) is 26.3 Å². The lowest BCUT2D eigenvalue weighted by Gasteiger charge is -2.30. The average Bonchev–Trinajstić information content (AvgIpc) is 2.41. The molecule has 2 N–H and O–H groups in total. The summed E-state index contributed by atoms with van der Waals surface area (Å²) in [6, 6.07) is 4.64. The fourth-order valence-corrected chi connectivity index (χ4v) is 2.38. The summed E-state index contributed by atoms with van der Waals surface area (Å²) in [6.07, 6.45) is 1.01. The molecule has 1 aliphatic rings. The van der Waals surface area contributed by atoms with Crippen molar-refractivity contribution in [2.75, 3.05) is 13.1 Å². The molecule has 0 saturated carbocycles. The first kappa shape index (κ1) is 17.4. The van der Waals surface area contributed by atoms with Gasteiger partial charge in [-0.1, -0.05) is 13.0 Å². The zero-order valence-electron chi connectivity index (χ0n) is 12.1. The topological polar surface area (TPSA) is 84.3 Å². The van der Waals surface area contributed by atoms with E-state index in [1.54, 1.807) is 19.1 Å². The summed E-state index contributed by atoms with van der Waals surface area (Å²) in [7, 11) is 0. The lowest BCUT2D eigenvalue weighted by molar-refractivity contribution is -0.385. The van der Waals surface area contributed by atoms with E-state index in [0.29, 0.717) is 17.0 Å². The van der Waals surface area contributed by atoms with Crippen LogP contribution in [0, 0.1) is 23.0 Å². The van der Waals surface area contributed by atoms with Crippen LogP contribution in [-0.2, 0) is 0 Å². The molecular weight excluding hydrogens is 294 g/mol. The minimum absolute atomic E-state index is 0. The molecule has 1 aromatic rings. The van der Waals surface area contributed by atoms with Gasteiger partial charge in [-0.25, -0.2) is 0 Å². The van der Waals surface area contributed by atoms with Crippen LogP contribution < -0.4 is 10.6 Å². The summed E-state index contributed by atoms with van der Waals surface area (Å²) in [6.45, 7) is 5.46. The van der Waals surface area contributed by atoms with Crippen molar-refractivity contribution in [1.29, 1.82) is 0 Å². The molecule has 0 radical (unpaired) electrons. The van der Waals surface area contributed by atoms with Gasteiger partial charge in [-0.2, -0.15) is 0 Å². The second-order valence-electron chi connectivity index (χ2n) is 5.31. The number of nitro groups is 1. The standard InChI is InChI=1S/C14H19N3O3.ClH/c1-9-5-6-15-8-12(9)16-14(18)11-4-3-10(2)13(7-11)17(19)20;/h3-4,7,9,12,15H,5-6,8H2,1-2H3,(H,16,18);1H. The molecule has 0 bridgehead atoms. The van der Waals surface area contributed by atoms with Gasteiger partial charge in [-0.3, -0.25) is 14.9 Å². The van der Waals surface area contributed by atoms with Crippen molar-refractivity contribution in [2.24, 2.45) is 5.92 Å². The molecule has 0 aromatic heterocycles. The number of hydrogen-bond donors (Lipinski definition) is 2. The van der Waals surface area contributed by atoms with Gasteiger partial charge in [-0.05, 0) is 31.9 Å². The summed E-state index contributed by atoms with van der Waals surface area (Å²) < 4.78 is 0. The summed E-state index contributed by atoms with van der Waals surface area (Å²) >= 11 is 0. The largest absolute Gasteiger partial charge is 0.348 e. The van der Waals surface area contributed by atoms with E-state index >= 15 is 0 Å². The molecular formula is C14H20ClN3O3. The molecule has 1 aliphatic heterocycles. The molecule has 1 heterocycles. The number of halogens is 1. The maximum absolute atomic E-state index is 12.2. The van der Waals surface area contributed by atoms with Gasteiger partial charge < -0.3 is 10.6 Å². The van der Waals surface area contributed by atoms with Gasteiger partial charge in [0, 0.05) is 29.8 Å². The number of rotatable bonds is 3. The number of nitrogens with one attached hydrogen (secondary N) is 2. The van der Waals surface area contributed by atoms with Crippen molar-refractivity contribution < 1.29 is 9.72 Å². The van der Waals surface area contributed by atoms with Gasteiger partial charge in [0.15, 0.2) is 0 Å². The maximum atomic E-state index is 12.2. The molecule has 0 spiro atoms. The van der Waals surface area contributed by atoms with Crippen LogP contribution in [0.3, 0.4) is 0 Å². The van der Waals surface area contributed by atoms with Crippen LogP contribution in [-0.4, -0.2) is 30.0 Å². The first-order valence-electron chi connectivity index (χ1n) is 6.75. The molecule has 2 atom stereocenters. The lowest BCUT2D eigenvalue weighted by atomic mass is 9.94. The third-order valence-electron chi connectivity index (χ3n) is 3.81. The molecule has 1 amide bonds. The summed E-state index contributed by atoms with van der Waals surface area (Å²) in [5.41, 5.74) is 0.867. The van der Waals surface area contributed by atoms with Crippen molar-refractivity contribution in [3.05, 3.63) is 39.4 Å². The molecule has 0 aliphatic carbocycles. The van der Waals surface area contributed by atoms with Gasteiger partial charge in [0.25, 0.3) is 11.6 Å². The van der Waals surface area contributed by atoms with Crippen LogP contribution >= 0.6 is 12.4 Å². The summed E-state index contributed by atoms with van der Waals surface area (Å²) in [4.78, 5) is 22.6. The van der Waals surface area contributed by atoms with Crippen molar-refractivity contribution in [3.63, 3.8) is 0 Å². The number of piperidine rings is 1. The quantitative estimate of drug-likeness (QED) is 0.661. The number of aryl methyl sites for hydroxylation is 1. The van der Waals surface area contributed by atoms with E-state index in [-0.39, 0.29) is 30.0 Å². The van der Waals surface area contributed by atoms with Crippen LogP contribution in [0.4, 0.5) is 5.69 Å². The molecule has 1 saturated heterocycles. The molecule has 6 nitrogen and oxygen atoms in total. The van der Waals surface area contributed by atoms with E-state index < -0.39 is 4.92 Å². The molecule has 2 unspecified atom stereocenters. The van der Waals surface area contributed by atoms with E-state index in [0.717, 1.165) is 19.5 Å². The highest BCUT2D eigenvalue weighted by Gasteiger charge is 2.24. The molecule has 7 heteroatoms. The van der Waals surface area contributed by atoms with Crippen molar-refractivity contribution in [1.82, 2.24) is 10.6 Å². The first-order chi connectivity index (χ1) is 9.49. The van der Waals surface area contributed by atoms with E-state index in [2.05, 4.69) is 17.6 Å². The fourth-order valence-electron chi connectivity index (χ4n) is 2.38. The Balaban J connectivity index is 0.00000220. The van der Waals surface area contributed by atoms with Gasteiger partial charge in [0.05, 0.1) is 4.92 Å². The number of amides is 1. The minimum atomic E-state index is -0.461. The van der Waals surface area contributed by atoms with Gasteiger partial charge in [0.1, 0.15) is 0 Å². The van der Waals surface area contributed by atoms with Gasteiger partial charge in [-0.15, -0.1) is 12.4 Å². The zero-order chi connectivity index (χ0) is 14.7. The van der Waals surface area contributed by atoms with E-state index in [1.165, 1.54) is 6.07 Å². The molecule has 116 valence electrons. The predicted octanol–water partition coefficient (Wildman–Crippen LogP) is 2.05. The van der Waals surface area contributed by atoms with Crippen LogP contribution in [0.25, 0.3) is 0 Å². The maximum Gasteiger partial charge on any atom is 0.273 e. The summed E-state index contributed by atoms with van der Waals surface area (Å²) in [5, 5.41) is 17.1. The SMILES string of the molecule is Cc1ccc(C(=O)NC2CNCCC2C)cc1[N+](=O)[O-].Cl. The third-order valence-corrected chi connectivity index (χ3v) is 3.81. The molecule has 1 aromatic carbocycles. The van der Waals surface area contributed by atoms with Crippen molar-refractivity contribution >= 4 is 24.0 Å². The Kier molecular flexibility index (Phi) is 6.11. The third kappa shape index (κ3) is 4.15. The Morgan fingerprint density at radius 2 is 2.19 bits per heavy atom. The van der Waals surface area contributed by atoms with Crippen LogP contribution in [0.15, 0.2) is 18.2 Å². The Bertz CT molecular complexity index is 536. The predicted molar refractivity (Wildman–Crippen MR) is 83.0 cm³/mol. The van der Waals surface area contributed by atoms with Gasteiger partial charge in [0.2, 0.25) is 0 Å². The second-order valence-corrected chi connectivity index (χ2v) is 5.31. The number of hydrogen-bond acceptors (Lipinski definition) is 4. The monoisotopic (exact) mass is 313 g/mol. The number of nitrogens with zero attached hydrogens (tertiary/aromatic N) is 1. The van der Waals surface area contributed by atoms with E-state index in [4.69, 9.17) is 0 Å². The van der Waals surface area contributed by atoms with Crippen LogP contribution in [0.5, 0.6) is 0 Å². The Hall–Kier alpha value is -1.66. The lowest BCUT2D eigenvalue weighted by Crippen LogP contribution is -2.50. The Morgan fingerprint density at radius 1 is 1.48 bits per heavy atom. The minimum Gasteiger partial charge on any atom is -0.348 e. The van der Waals surface area contributed by atoms with Crippen LogP contribution in [0.2, 0.25) is 0 Å². The zero-order valence-corrected chi connectivity index (χ0v) is 12.9. The Morgan fingerprint density at radius 3 is 2.81 bits per heavy atom. The van der Waals surface area contributed by atoms with Crippen LogP contribution in [0.1, 0.15) is 29.3 Å². The molecule has 21 heavy (non-hydrogen) atoms. The number of carbonyl (C=O) groups excluding carboxylic acids is 1. The second kappa shape index (κ2) is 7.38. The summed E-state index contributed by atoms with van der Waals surface area (Å²) in [5.74, 6) is 0.147. The van der Waals surface area contributed by atoms with E-state index in [1.807, 2.05) is 0 Å². The number of nitro benzene ring substituents is 1. The normalized spacial score (nSPS) is 21.2. The number of carbonyl (C=O) groups is 1. The average molecular weight is 314 g/mol. The molecule has 2 rings (SSSR count). The highest BCUT2D eigenvalue weighted by atomic mass is 35.5. The smallest absolute Gasteiger partial charge is 0.273 e. The fraction of sp³-hybridized carbons (Fsp3) is 0.500. The first-order valence-corrected chi connectivity index (χ1v) is 6.75. The van der Waals surface area contributed by atoms with Gasteiger partial charge >= 0.3 is 0 Å². The highest BCUT2D eigenvalue weighted by molar-refractivity contribution is 5.95. The Labute approximate surface area is 129 Å². The van der Waals surface area contributed by atoms with E-state index in [9.17, 15) is 14.9 Å². The number of benzene rings is 1.